The average molecular weight is 284 g/mol. The third-order valence-corrected chi connectivity index (χ3v) is 2.83. The zero-order valence-electron chi connectivity index (χ0n) is 9.77. The van der Waals surface area contributed by atoms with Crippen molar-refractivity contribution >= 4 is 17.5 Å². The molecule has 2 N–H and O–H groups in total. The average Bonchev–Trinajstić information content (AvgIpc) is 2.89. The van der Waals surface area contributed by atoms with Crippen LogP contribution in [0, 0.1) is 5.82 Å². The Balaban J connectivity index is 2.02. The van der Waals surface area contributed by atoms with Crippen LogP contribution in [0.25, 0.3) is 0 Å². The molecule has 0 saturated carbocycles. The molecule has 1 aromatic heterocycles. The normalized spacial score (nSPS) is 12.2. The van der Waals surface area contributed by atoms with Gasteiger partial charge in [-0.2, -0.15) is 0 Å². The largest absolute Gasteiger partial charge is 0.467 e. The topological polar surface area (TPSA) is 62.5 Å². The van der Waals surface area contributed by atoms with Crippen molar-refractivity contribution in [3.63, 3.8) is 0 Å². The molecule has 0 radical (unpaired) electrons. The third-order valence-electron chi connectivity index (χ3n) is 2.52. The molecule has 0 spiro atoms. The summed E-state index contributed by atoms with van der Waals surface area (Å²) in [6, 6.07) is 7.17. The number of benzene rings is 1. The predicted octanol–water partition coefficient (Wildman–Crippen LogP) is 2.54. The number of hydrogen-bond donors (Lipinski definition) is 2. The minimum atomic E-state index is -0.996. The summed E-state index contributed by atoms with van der Waals surface area (Å²) in [5.41, 5.74) is -0.240. The Labute approximate surface area is 113 Å². The van der Waals surface area contributed by atoms with Crippen molar-refractivity contribution in [1.82, 2.24) is 5.32 Å². The molecule has 1 amide bonds. The molecule has 0 aliphatic rings. The Morgan fingerprint density at radius 1 is 1.42 bits per heavy atom. The van der Waals surface area contributed by atoms with E-state index in [-0.39, 0.29) is 17.1 Å². The second-order valence-corrected chi connectivity index (χ2v) is 4.25. The van der Waals surface area contributed by atoms with Crippen molar-refractivity contribution in [3.05, 3.63) is 58.8 Å². The number of halogens is 2. The summed E-state index contributed by atoms with van der Waals surface area (Å²) in [6.45, 7) is -0.100. The molecule has 6 heteroatoms. The maximum Gasteiger partial charge on any atom is 0.255 e. The molecule has 19 heavy (non-hydrogen) atoms. The van der Waals surface area contributed by atoms with Gasteiger partial charge < -0.3 is 14.8 Å². The summed E-state index contributed by atoms with van der Waals surface area (Å²) in [6.07, 6.45) is 0.415. The Bertz CT molecular complexity index is 551. The van der Waals surface area contributed by atoms with Crippen LogP contribution in [0.2, 0.25) is 5.02 Å². The quantitative estimate of drug-likeness (QED) is 0.906. The van der Waals surface area contributed by atoms with Gasteiger partial charge in [0.2, 0.25) is 0 Å². The molecule has 1 unspecified atom stereocenters. The molecule has 1 heterocycles. The van der Waals surface area contributed by atoms with Crippen molar-refractivity contribution < 1.29 is 18.7 Å². The fourth-order valence-electron chi connectivity index (χ4n) is 1.57. The van der Waals surface area contributed by atoms with Crippen molar-refractivity contribution in [2.24, 2.45) is 0 Å². The number of rotatable bonds is 4. The first-order chi connectivity index (χ1) is 9.09. The van der Waals surface area contributed by atoms with Crippen LogP contribution in [0.4, 0.5) is 4.39 Å². The van der Waals surface area contributed by atoms with Gasteiger partial charge in [-0.25, -0.2) is 4.39 Å². The van der Waals surface area contributed by atoms with E-state index in [2.05, 4.69) is 5.32 Å². The SMILES string of the molecule is O=C(NCC(O)c1ccco1)c1c(F)cccc1Cl. The van der Waals surface area contributed by atoms with E-state index in [1.165, 1.54) is 18.4 Å². The van der Waals surface area contributed by atoms with Crippen LogP contribution in [0.15, 0.2) is 41.0 Å². The lowest BCUT2D eigenvalue weighted by atomic mass is 10.2. The number of amides is 1. The van der Waals surface area contributed by atoms with Crippen LogP contribution < -0.4 is 5.32 Å². The zero-order chi connectivity index (χ0) is 13.8. The number of hydrogen-bond acceptors (Lipinski definition) is 3. The molecule has 2 rings (SSSR count). The Morgan fingerprint density at radius 2 is 2.21 bits per heavy atom. The molecule has 0 fully saturated rings. The van der Waals surface area contributed by atoms with Gasteiger partial charge in [0.05, 0.1) is 23.4 Å². The first-order valence-corrected chi connectivity index (χ1v) is 5.91. The van der Waals surface area contributed by atoms with E-state index in [1.54, 1.807) is 12.1 Å². The van der Waals surface area contributed by atoms with Crippen LogP contribution in [0.3, 0.4) is 0 Å². The lowest BCUT2D eigenvalue weighted by molar-refractivity contribution is 0.0897. The molecule has 0 aliphatic heterocycles. The van der Waals surface area contributed by atoms with Gasteiger partial charge in [-0.05, 0) is 24.3 Å². The molecule has 0 bridgehead atoms. The lowest BCUT2D eigenvalue weighted by Crippen LogP contribution is -2.29. The predicted molar refractivity (Wildman–Crippen MR) is 67.4 cm³/mol. The van der Waals surface area contributed by atoms with Gasteiger partial charge in [-0.3, -0.25) is 4.79 Å². The highest BCUT2D eigenvalue weighted by Crippen LogP contribution is 2.19. The number of furan rings is 1. The van der Waals surface area contributed by atoms with E-state index >= 15 is 0 Å². The molecular formula is C13H11ClFNO3. The van der Waals surface area contributed by atoms with E-state index < -0.39 is 17.8 Å². The van der Waals surface area contributed by atoms with Crippen LogP contribution >= 0.6 is 11.6 Å². The Hall–Kier alpha value is -1.85. The minimum Gasteiger partial charge on any atom is -0.467 e. The second kappa shape index (κ2) is 5.86. The minimum absolute atomic E-state index is 0.0185. The van der Waals surface area contributed by atoms with Gasteiger partial charge in [-0.15, -0.1) is 0 Å². The van der Waals surface area contributed by atoms with Gasteiger partial charge in [0, 0.05) is 0 Å². The second-order valence-electron chi connectivity index (χ2n) is 3.84. The first-order valence-electron chi connectivity index (χ1n) is 5.53. The fourth-order valence-corrected chi connectivity index (χ4v) is 1.82. The first kappa shape index (κ1) is 13.6. The van der Waals surface area contributed by atoms with Crippen LogP contribution in [0.5, 0.6) is 0 Å². The summed E-state index contributed by atoms with van der Waals surface area (Å²) in [4.78, 5) is 11.8. The van der Waals surface area contributed by atoms with Gasteiger partial charge in [0.1, 0.15) is 17.7 Å². The molecular weight excluding hydrogens is 273 g/mol. The van der Waals surface area contributed by atoms with Crippen LogP contribution in [-0.2, 0) is 0 Å². The van der Waals surface area contributed by atoms with Gasteiger partial charge in [0.25, 0.3) is 5.91 Å². The van der Waals surface area contributed by atoms with E-state index in [4.69, 9.17) is 16.0 Å². The monoisotopic (exact) mass is 283 g/mol. The molecule has 0 saturated heterocycles. The highest BCUT2D eigenvalue weighted by atomic mass is 35.5. The number of aliphatic hydroxyl groups excluding tert-OH is 1. The number of nitrogens with one attached hydrogen (secondary N) is 1. The smallest absolute Gasteiger partial charge is 0.255 e. The Kier molecular flexibility index (Phi) is 4.19. The van der Waals surface area contributed by atoms with Crippen molar-refractivity contribution in [1.29, 1.82) is 0 Å². The van der Waals surface area contributed by atoms with Crippen molar-refractivity contribution in [2.45, 2.75) is 6.10 Å². The van der Waals surface area contributed by atoms with Crippen LogP contribution in [-0.4, -0.2) is 17.6 Å². The molecule has 0 aliphatic carbocycles. The maximum absolute atomic E-state index is 13.5. The van der Waals surface area contributed by atoms with Gasteiger partial charge >= 0.3 is 0 Å². The number of aliphatic hydroxyl groups is 1. The summed E-state index contributed by atoms with van der Waals surface area (Å²) in [5, 5.41) is 12.1. The van der Waals surface area contributed by atoms with Gasteiger partial charge in [0.15, 0.2) is 0 Å². The molecule has 1 atom stereocenters. The molecule has 2 aromatic rings. The van der Waals surface area contributed by atoms with E-state index in [0.717, 1.165) is 6.07 Å². The van der Waals surface area contributed by atoms with E-state index in [1.807, 2.05) is 0 Å². The lowest BCUT2D eigenvalue weighted by Gasteiger charge is -2.10. The summed E-state index contributed by atoms with van der Waals surface area (Å²) < 4.78 is 18.5. The molecule has 100 valence electrons. The molecule has 4 nitrogen and oxygen atoms in total. The third kappa shape index (κ3) is 3.13. The number of carbonyl (C=O) groups is 1. The highest BCUT2D eigenvalue weighted by molar-refractivity contribution is 6.33. The number of carbonyl (C=O) groups excluding carboxylic acids is 1. The highest BCUT2D eigenvalue weighted by Gasteiger charge is 2.17. The summed E-state index contributed by atoms with van der Waals surface area (Å²) in [5.74, 6) is -1.08. The zero-order valence-corrected chi connectivity index (χ0v) is 10.5. The van der Waals surface area contributed by atoms with Gasteiger partial charge in [-0.1, -0.05) is 17.7 Å². The fraction of sp³-hybridized carbons (Fsp3) is 0.154. The standard InChI is InChI=1S/C13H11ClFNO3/c14-8-3-1-4-9(15)12(8)13(18)16-7-10(17)11-5-2-6-19-11/h1-6,10,17H,7H2,(H,16,18). The summed E-state index contributed by atoms with van der Waals surface area (Å²) in [7, 11) is 0. The maximum atomic E-state index is 13.5. The Morgan fingerprint density at radius 3 is 2.84 bits per heavy atom. The van der Waals surface area contributed by atoms with E-state index in [9.17, 15) is 14.3 Å². The van der Waals surface area contributed by atoms with Crippen molar-refractivity contribution in [3.8, 4) is 0 Å². The molecule has 1 aromatic carbocycles. The van der Waals surface area contributed by atoms with E-state index in [0.29, 0.717) is 5.76 Å². The summed E-state index contributed by atoms with van der Waals surface area (Å²) >= 11 is 5.76. The van der Waals surface area contributed by atoms with Crippen molar-refractivity contribution in [2.75, 3.05) is 6.54 Å². The van der Waals surface area contributed by atoms with Crippen LogP contribution in [0.1, 0.15) is 22.2 Å².